The second-order valence-corrected chi connectivity index (χ2v) is 8.52. The summed E-state index contributed by atoms with van der Waals surface area (Å²) in [4.78, 5) is 22.5. The standard InChI is InChI=1S/C27H16ClN5O2/c1-15-19(13-29)25-31-21-4-2-3-5-23(21)33(25)27(34)20(15)14-30-18-10-11-24-22(12-18)32-26(35-24)16-6-8-17(28)9-7-16/h2-12,14,30H,1H3/b20-14+. The highest BCUT2D eigenvalue weighted by Gasteiger charge is 2.16. The van der Waals surface area contributed by atoms with Crippen molar-refractivity contribution in [1.82, 2.24) is 14.4 Å². The van der Waals surface area contributed by atoms with E-state index in [1.54, 1.807) is 25.3 Å². The Kier molecular flexibility index (Phi) is 4.76. The summed E-state index contributed by atoms with van der Waals surface area (Å²) in [6.07, 6.45) is 1.62. The fourth-order valence-corrected chi connectivity index (χ4v) is 4.30. The Morgan fingerprint density at radius 2 is 1.86 bits per heavy atom. The lowest BCUT2D eigenvalue weighted by Crippen LogP contribution is -2.34. The first-order valence-electron chi connectivity index (χ1n) is 10.8. The van der Waals surface area contributed by atoms with E-state index < -0.39 is 0 Å². The van der Waals surface area contributed by atoms with Crippen molar-refractivity contribution in [3.63, 3.8) is 0 Å². The molecule has 0 radical (unpaired) electrons. The molecule has 0 atom stereocenters. The number of oxazole rings is 1. The number of benzene rings is 3. The number of aromatic nitrogens is 3. The van der Waals surface area contributed by atoms with E-state index >= 15 is 0 Å². The first-order chi connectivity index (χ1) is 17.0. The van der Waals surface area contributed by atoms with Gasteiger partial charge in [-0.25, -0.2) is 9.97 Å². The van der Waals surface area contributed by atoms with Crippen LogP contribution in [0.15, 0.2) is 75.9 Å². The molecule has 6 rings (SSSR count). The average molecular weight is 478 g/mol. The van der Waals surface area contributed by atoms with Gasteiger partial charge in [0.25, 0.3) is 5.56 Å². The van der Waals surface area contributed by atoms with Crippen molar-refractivity contribution in [2.75, 3.05) is 5.32 Å². The van der Waals surface area contributed by atoms with E-state index in [1.807, 2.05) is 54.6 Å². The lowest BCUT2D eigenvalue weighted by Gasteiger charge is -2.04. The van der Waals surface area contributed by atoms with E-state index in [4.69, 9.17) is 16.0 Å². The van der Waals surface area contributed by atoms with Crippen LogP contribution in [0.25, 0.3) is 45.4 Å². The van der Waals surface area contributed by atoms with Crippen LogP contribution in [0.4, 0.5) is 5.69 Å². The number of nitriles is 1. The summed E-state index contributed by atoms with van der Waals surface area (Å²) in [5, 5.41) is 14.0. The van der Waals surface area contributed by atoms with Crippen molar-refractivity contribution in [2.45, 2.75) is 6.92 Å². The second-order valence-electron chi connectivity index (χ2n) is 8.09. The van der Waals surface area contributed by atoms with Crippen LogP contribution in [0, 0.1) is 18.3 Å². The molecular weight excluding hydrogens is 462 g/mol. The topological polar surface area (TPSA) is 96.2 Å². The van der Waals surface area contributed by atoms with Gasteiger partial charge in [-0.15, -0.1) is 0 Å². The zero-order chi connectivity index (χ0) is 24.1. The fourth-order valence-electron chi connectivity index (χ4n) is 4.17. The van der Waals surface area contributed by atoms with E-state index in [0.29, 0.717) is 55.0 Å². The van der Waals surface area contributed by atoms with Crippen LogP contribution >= 0.6 is 11.6 Å². The first kappa shape index (κ1) is 20.9. The molecule has 0 saturated carbocycles. The van der Waals surface area contributed by atoms with Gasteiger partial charge in [0.2, 0.25) is 5.89 Å². The third-order valence-electron chi connectivity index (χ3n) is 5.97. The second kappa shape index (κ2) is 7.97. The molecule has 1 N–H and O–H groups in total. The Morgan fingerprint density at radius 1 is 1.06 bits per heavy atom. The van der Waals surface area contributed by atoms with Crippen molar-refractivity contribution < 1.29 is 4.42 Å². The molecule has 0 saturated heterocycles. The average Bonchev–Trinajstić information content (AvgIpc) is 3.46. The van der Waals surface area contributed by atoms with Gasteiger partial charge in [0.05, 0.1) is 21.8 Å². The van der Waals surface area contributed by atoms with Gasteiger partial charge in [0.15, 0.2) is 11.2 Å². The maximum absolute atomic E-state index is 13.4. The Morgan fingerprint density at radius 3 is 2.66 bits per heavy atom. The number of para-hydroxylation sites is 2. The van der Waals surface area contributed by atoms with Crippen molar-refractivity contribution in [3.8, 4) is 17.5 Å². The number of hydrogen-bond acceptors (Lipinski definition) is 6. The van der Waals surface area contributed by atoms with E-state index in [0.717, 1.165) is 11.3 Å². The van der Waals surface area contributed by atoms with Gasteiger partial charge in [-0.05, 0) is 67.1 Å². The number of nitrogens with one attached hydrogen (secondary N) is 1. The predicted octanol–water partition coefficient (Wildman–Crippen LogP) is 5.06. The van der Waals surface area contributed by atoms with Crippen LogP contribution in [0.3, 0.4) is 0 Å². The van der Waals surface area contributed by atoms with Crippen molar-refractivity contribution >= 4 is 51.3 Å². The van der Waals surface area contributed by atoms with Crippen molar-refractivity contribution in [1.29, 1.82) is 5.26 Å². The highest BCUT2D eigenvalue weighted by atomic mass is 35.5. The normalized spacial score (nSPS) is 12.0. The van der Waals surface area contributed by atoms with Crippen molar-refractivity contribution in [3.05, 3.63) is 98.5 Å². The van der Waals surface area contributed by atoms with Crippen LogP contribution in [0.2, 0.25) is 5.02 Å². The Hall–Kier alpha value is -4.67. The van der Waals surface area contributed by atoms with E-state index in [9.17, 15) is 10.1 Å². The minimum Gasteiger partial charge on any atom is -0.436 e. The molecule has 7 nitrogen and oxygen atoms in total. The third-order valence-corrected chi connectivity index (χ3v) is 6.22. The molecule has 3 aromatic carbocycles. The minimum absolute atomic E-state index is 0.245. The molecular formula is C27H16ClN5O2. The number of halogens is 1. The van der Waals surface area contributed by atoms with Gasteiger partial charge in [-0.2, -0.15) is 5.26 Å². The number of rotatable bonds is 3. The third kappa shape index (κ3) is 3.39. The molecule has 8 heteroatoms. The number of nitrogens with zero attached hydrogens (tertiary/aromatic N) is 4. The fraction of sp³-hybridized carbons (Fsp3) is 0.0370. The van der Waals surface area contributed by atoms with Gasteiger partial charge in [-0.3, -0.25) is 9.20 Å². The monoisotopic (exact) mass is 477 g/mol. The van der Waals surface area contributed by atoms with Gasteiger partial charge in [0.1, 0.15) is 11.6 Å². The minimum atomic E-state index is -0.245. The lowest BCUT2D eigenvalue weighted by atomic mass is 10.1. The summed E-state index contributed by atoms with van der Waals surface area (Å²) in [7, 11) is 0. The number of hydrogen-bond donors (Lipinski definition) is 1. The highest BCUT2D eigenvalue weighted by Crippen LogP contribution is 2.27. The molecule has 0 amide bonds. The maximum Gasteiger partial charge on any atom is 0.265 e. The molecule has 168 valence electrons. The Labute approximate surface area is 203 Å². The smallest absolute Gasteiger partial charge is 0.265 e. The van der Waals surface area contributed by atoms with Crippen molar-refractivity contribution in [2.24, 2.45) is 0 Å². The molecule has 0 spiro atoms. The highest BCUT2D eigenvalue weighted by molar-refractivity contribution is 6.30. The van der Waals surface area contributed by atoms with Crippen LogP contribution < -0.4 is 16.1 Å². The molecule has 0 aliphatic rings. The molecule has 0 bridgehead atoms. The van der Waals surface area contributed by atoms with Crippen LogP contribution in [-0.2, 0) is 0 Å². The first-order valence-corrected chi connectivity index (χ1v) is 11.2. The number of pyridine rings is 1. The quantitative estimate of drug-likeness (QED) is 0.383. The van der Waals surface area contributed by atoms with Crippen LogP contribution in [0.1, 0.15) is 11.1 Å². The summed E-state index contributed by atoms with van der Waals surface area (Å²) in [6.45, 7) is 1.76. The molecule has 0 fully saturated rings. The molecule has 35 heavy (non-hydrogen) atoms. The molecule has 0 unspecified atom stereocenters. The van der Waals surface area contributed by atoms with Gasteiger partial charge < -0.3 is 9.73 Å². The number of fused-ring (bicyclic) bond motifs is 4. The maximum atomic E-state index is 13.4. The van der Waals surface area contributed by atoms with Gasteiger partial charge in [0, 0.05) is 22.5 Å². The van der Waals surface area contributed by atoms with Crippen LogP contribution in [-0.4, -0.2) is 14.4 Å². The van der Waals surface area contributed by atoms with E-state index in [2.05, 4.69) is 21.4 Å². The molecule has 0 aliphatic heterocycles. The molecule has 6 aromatic rings. The van der Waals surface area contributed by atoms with Crippen LogP contribution in [0.5, 0.6) is 0 Å². The van der Waals surface area contributed by atoms with E-state index in [-0.39, 0.29) is 5.56 Å². The summed E-state index contributed by atoms with van der Waals surface area (Å²) in [6, 6.07) is 22.3. The van der Waals surface area contributed by atoms with Gasteiger partial charge >= 0.3 is 0 Å². The zero-order valence-electron chi connectivity index (χ0n) is 18.4. The summed E-state index contributed by atoms with van der Waals surface area (Å²) >= 11 is 5.97. The largest absolute Gasteiger partial charge is 0.436 e. The summed E-state index contributed by atoms with van der Waals surface area (Å²) in [5.41, 5.74) is 5.24. The number of anilines is 1. The summed E-state index contributed by atoms with van der Waals surface area (Å²) in [5.74, 6) is 0.492. The molecule has 3 heterocycles. The van der Waals surface area contributed by atoms with Gasteiger partial charge in [-0.1, -0.05) is 23.7 Å². The molecule has 0 aliphatic carbocycles. The molecule has 3 aromatic heterocycles. The zero-order valence-corrected chi connectivity index (χ0v) is 19.2. The predicted molar refractivity (Wildman–Crippen MR) is 136 cm³/mol. The SMILES string of the molecule is Cc1c(C#N)c2nc3ccccc3n2c(=O)/c1=C/Nc1ccc2oc(-c3ccc(Cl)cc3)nc2c1. The Bertz CT molecular complexity index is 1930. The Balaban J connectivity index is 1.44. The van der Waals surface area contributed by atoms with E-state index in [1.165, 1.54) is 4.40 Å². The summed E-state index contributed by atoms with van der Waals surface area (Å²) < 4.78 is 7.37. The lowest BCUT2D eigenvalue weighted by molar-refractivity contribution is 0.620. The number of imidazole rings is 1.